The van der Waals surface area contributed by atoms with Crippen LogP contribution in [0.25, 0.3) is 5.52 Å². The largest absolute Gasteiger partial charge is 0.491 e. The molecular weight excluding hydrogens is 372 g/mol. The summed E-state index contributed by atoms with van der Waals surface area (Å²) in [7, 11) is 0. The first-order valence-electron chi connectivity index (χ1n) is 7.62. The maximum Gasteiger partial charge on any atom is 0.256 e. The summed E-state index contributed by atoms with van der Waals surface area (Å²) in [4.78, 5) is 12.6. The highest BCUT2D eigenvalue weighted by molar-refractivity contribution is 9.10. The number of halogens is 1. The van der Waals surface area contributed by atoms with Crippen molar-refractivity contribution in [3.8, 4) is 5.75 Å². The summed E-state index contributed by atoms with van der Waals surface area (Å²) in [6.07, 6.45) is 1.84. The highest BCUT2D eigenvalue weighted by Crippen LogP contribution is 2.32. The van der Waals surface area contributed by atoms with Crippen LogP contribution in [0.1, 0.15) is 15.9 Å². The first-order valence-corrected chi connectivity index (χ1v) is 8.42. The van der Waals surface area contributed by atoms with Crippen LogP contribution in [-0.2, 0) is 6.54 Å². The van der Waals surface area contributed by atoms with E-state index in [4.69, 9.17) is 4.74 Å². The predicted octanol–water partition coefficient (Wildman–Crippen LogP) is 2.83. The second-order valence-electron chi connectivity index (χ2n) is 5.53. The van der Waals surface area contributed by atoms with Gasteiger partial charge < -0.3 is 15.4 Å². The van der Waals surface area contributed by atoms with Crippen LogP contribution in [0.15, 0.2) is 47.1 Å². The van der Waals surface area contributed by atoms with Crippen LogP contribution in [0.5, 0.6) is 5.75 Å². The number of ether oxygens (including phenoxy) is 1. The van der Waals surface area contributed by atoms with E-state index in [1.807, 2.05) is 36.5 Å². The predicted molar refractivity (Wildman–Crippen MR) is 94.5 cm³/mol. The van der Waals surface area contributed by atoms with Crippen molar-refractivity contribution in [3.63, 3.8) is 0 Å². The van der Waals surface area contributed by atoms with Crippen molar-refractivity contribution in [1.82, 2.24) is 14.9 Å². The molecule has 7 heteroatoms. The number of fused-ring (bicyclic) bond motifs is 2. The molecule has 1 aliphatic rings. The number of rotatable bonds is 2. The molecule has 1 aromatic carbocycles. The van der Waals surface area contributed by atoms with Gasteiger partial charge in [0.05, 0.1) is 9.99 Å². The van der Waals surface area contributed by atoms with Gasteiger partial charge in [0.25, 0.3) is 5.91 Å². The van der Waals surface area contributed by atoms with Crippen LogP contribution in [-0.4, -0.2) is 28.7 Å². The number of aromatic nitrogens is 2. The van der Waals surface area contributed by atoms with Gasteiger partial charge in [0.15, 0.2) is 5.82 Å². The number of carbonyl (C=O) groups excluding carboxylic acids is 1. The molecule has 0 saturated heterocycles. The molecule has 3 aromatic rings. The molecule has 0 bridgehead atoms. The number of anilines is 1. The lowest BCUT2D eigenvalue weighted by Crippen LogP contribution is -2.16. The number of carbonyl (C=O) groups is 1. The molecule has 6 nitrogen and oxygen atoms in total. The molecule has 0 atom stereocenters. The fourth-order valence-corrected chi connectivity index (χ4v) is 3.33. The molecule has 2 N–H and O–H groups in total. The van der Waals surface area contributed by atoms with Crippen LogP contribution < -0.4 is 15.4 Å². The van der Waals surface area contributed by atoms with E-state index in [0.29, 0.717) is 24.5 Å². The second-order valence-corrected chi connectivity index (χ2v) is 6.38. The Morgan fingerprint density at radius 2 is 2.25 bits per heavy atom. The van der Waals surface area contributed by atoms with E-state index in [1.165, 1.54) is 0 Å². The van der Waals surface area contributed by atoms with Gasteiger partial charge in [0.2, 0.25) is 0 Å². The molecule has 0 fully saturated rings. The minimum absolute atomic E-state index is 0.203. The molecule has 0 unspecified atom stereocenters. The van der Waals surface area contributed by atoms with Crippen molar-refractivity contribution in [1.29, 1.82) is 0 Å². The first kappa shape index (κ1) is 15.2. The molecule has 0 saturated carbocycles. The third-order valence-corrected chi connectivity index (χ3v) is 4.42. The van der Waals surface area contributed by atoms with Crippen molar-refractivity contribution in [2.75, 3.05) is 18.5 Å². The molecule has 0 spiro atoms. The molecule has 0 aliphatic carbocycles. The van der Waals surface area contributed by atoms with Gasteiger partial charge in [-0.2, -0.15) is 5.10 Å². The van der Waals surface area contributed by atoms with Gasteiger partial charge in [0.1, 0.15) is 12.4 Å². The van der Waals surface area contributed by atoms with Gasteiger partial charge in [-0.15, -0.1) is 0 Å². The van der Waals surface area contributed by atoms with Crippen molar-refractivity contribution in [2.45, 2.75) is 6.54 Å². The third kappa shape index (κ3) is 2.88. The maximum absolute atomic E-state index is 12.6. The summed E-state index contributed by atoms with van der Waals surface area (Å²) in [5.74, 6) is 1.11. The average molecular weight is 387 g/mol. The molecule has 122 valence electrons. The minimum atomic E-state index is -0.203. The van der Waals surface area contributed by atoms with E-state index in [-0.39, 0.29) is 5.91 Å². The summed E-state index contributed by atoms with van der Waals surface area (Å²) in [5, 5.41) is 10.5. The molecule has 0 radical (unpaired) electrons. The zero-order valence-electron chi connectivity index (χ0n) is 12.8. The number of amides is 1. The normalized spacial score (nSPS) is 13.9. The number of nitrogens with zero attached hydrogens (tertiary/aromatic N) is 2. The Morgan fingerprint density at radius 3 is 3.12 bits per heavy atom. The van der Waals surface area contributed by atoms with Gasteiger partial charge in [-0.3, -0.25) is 4.79 Å². The third-order valence-electron chi connectivity index (χ3n) is 3.83. The lowest BCUT2D eigenvalue weighted by Gasteiger charge is -2.11. The van der Waals surface area contributed by atoms with E-state index in [9.17, 15) is 4.79 Å². The minimum Gasteiger partial charge on any atom is -0.491 e. The average Bonchev–Trinajstić information content (AvgIpc) is 2.82. The van der Waals surface area contributed by atoms with Crippen molar-refractivity contribution in [3.05, 3.63) is 58.2 Å². The Morgan fingerprint density at radius 1 is 1.33 bits per heavy atom. The van der Waals surface area contributed by atoms with Crippen LogP contribution in [0.3, 0.4) is 0 Å². The number of hydrogen-bond donors (Lipinski definition) is 2. The lowest BCUT2D eigenvalue weighted by atomic mass is 10.1. The van der Waals surface area contributed by atoms with Crippen LogP contribution in [0.4, 0.5) is 5.82 Å². The van der Waals surface area contributed by atoms with E-state index < -0.39 is 0 Å². The first-order chi connectivity index (χ1) is 11.7. The Hall–Kier alpha value is -2.38. The fraction of sp³-hybridized carbons (Fsp3) is 0.176. The Kier molecular flexibility index (Phi) is 3.95. The highest BCUT2D eigenvalue weighted by Gasteiger charge is 2.17. The van der Waals surface area contributed by atoms with Crippen LogP contribution in [0.2, 0.25) is 0 Å². The van der Waals surface area contributed by atoms with Gasteiger partial charge in [-0.1, -0.05) is 6.07 Å². The Bertz CT molecular complexity index is 889. The van der Waals surface area contributed by atoms with Gasteiger partial charge >= 0.3 is 0 Å². The number of nitrogens with one attached hydrogen (secondary N) is 2. The van der Waals surface area contributed by atoms with E-state index in [2.05, 4.69) is 31.7 Å². The van der Waals surface area contributed by atoms with E-state index >= 15 is 0 Å². The zero-order chi connectivity index (χ0) is 16.5. The van der Waals surface area contributed by atoms with Crippen molar-refractivity contribution >= 4 is 33.2 Å². The lowest BCUT2D eigenvalue weighted by molar-refractivity contribution is 0.102. The van der Waals surface area contributed by atoms with Gasteiger partial charge in [0, 0.05) is 36.5 Å². The number of pyridine rings is 1. The van der Waals surface area contributed by atoms with Crippen LogP contribution in [0, 0.1) is 0 Å². The van der Waals surface area contributed by atoms with Gasteiger partial charge in [-0.05, 0) is 40.2 Å². The summed E-state index contributed by atoms with van der Waals surface area (Å²) in [6.45, 7) is 2.06. The van der Waals surface area contributed by atoms with E-state index in [0.717, 1.165) is 27.8 Å². The molecule has 1 amide bonds. The molecule has 24 heavy (non-hydrogen) atoms. The zero-order valence-corrected chi connectivity index (χ0v) is 14.3. The topological polar surface area (TPSA) is 67.7 Å². The van der Waals surface area contributed by atoms with Crippen molar-refractivity contribution < 1.29 is 9.53 Å². The summed E-state index contributed by atoms with van der Waals surface area (Å²) >= 11 is 3.50. The summed E-state index contributed by atoms with van der Waals surface area (Å²) in [5.41, 5.74) is 2.44. The number of benzene rings is 1. The van der Waals surface area contributed by atoms with E-state index in [1.54, 1.807) is 10.6 Å². The molecule has 4 rings (SSSR count). The summed E-state index contributed by atoms with van der Waals surface area (Å²) in [6, 6.07) is 11.2. The standard InChI is InChI=1S/C17H15BrN4O2/c18-14-8-11(7-12-10-19-4-6-24-16(12)14)17(23)20-15-9-13-3-1-2-5-22(13)21-15/h1-3,5,7-9,19H,4,6,10H2,(H,20,21,23). The summed E-state index contributed by atoms with van der Waals surface area (Å²) < 4.78 is 8.22. The molecule has 2 aromatic heterocycles. The van der Waals surface area contributed by atoms with Crippen molar-refractivity contribution in [2.24, 2.45) is 0 Å². The second kappa shape index (κ2) is 6.26. The monoisotopic (exact) mass is 386 g/mol. The SMILES string of the molecule is O=C(Nc1cc2ccccn2n1)c1cc(Br)c2c(c1)CNCCO2. The Labute approximate surface area is 146 Å². The number of hydrogen-bond acceptors (Lipinski definition) is 4. The van der Waals surface area contributed by atoms with Crippen LogP contribution >= 0.6 is 15.9 Å². The smallest absolute Gasteiger partial charge is 0.256 e. The quantitative estimate of drug-likeness (QED) is 0.710. The van der Waals surface area contributed by atoms with Gasteiger partial charge in [-0.25, -0.2) is 4.52 Å². The molecule has 3 heterocycles. The highest BCUT2D eigenvalue weighted by atomic mass is 79.9. The molecular formula is C17H15BrN4O2. The Balaban J connectivity index is 1.62. The molecule has 1 aliphatic heterocycles. The fourth-order valence-electron chi connectivity index (χ4n) is 2.71. The maximum atomic E-state index is 12.6.